The van der Waals surface area contributed by atoms with Crippen molar-refractivity contribution in [2.45, 2.75) is 57.5 Å². The molecular weight excluding hydrogens is 553 g/mol. The number of nitrogens with zero attached hydrogens (tertiary/aromatic N) is 4. The van der Waals surface area contributed by atoms with Gasteiger partial charge in [-0.2, -0.15) is 9.97 Å². The first-order valence-electron chi connectivity index (χ1n) is 15.4. The summed E-state index contributed by atoms with van der Waals surface area (Å²) in [6.07, 6.45) is 17.8. The summed E-state index contributed by atoms with van der Waals surface area (Å²) >= 11 is 6.90. The molecule has 9 heteroatoms. The van der Waals surface area contributed by atoms with Crippen molar-refractivity contribution in [2.24, 2.45) is 11.8 Å². The summed E-state index contributed by atoms with van der Waals surface area (Å²) in [5, 5.41) is 15.0. The predicted molar refractivity (Wildman–Crippen MR) is 168 cm³/mol. The molecule has 1 aromatic carbocycles. The van der Waals surface area contributed by atoms with Crippen LogP contribution in [0, 0.1) is 17.7 Å². The molecule has 42 heavy (non-hydrogen) atoms. The molecule has 7 rings (SSSR count). The lowest BCUT2D eigenvalue weighted by atomic mass is 9.76. The highest BCUT2D eigenvalue weighted by molar-refractivity contribution is 6.33. The van der Waals surface area contributed by atoms with Gasteiger partial charge in [0.2, 0.25) is 0 Å². The van der Waals surface area contributed by atoms with E-state index in [1.165, 1.54) is 12.8 Å². The number of aromatic nitrogens is 2. The molecule has 3 aliphatic heterocycles. The number of benzene rings is 1. The Hall–Kier alpha value is -2.94. The third kappa shape index (κ3) is 5.94. The molecule has 4 unspecified atom stereocenters. The Morgan fingerprint density at radius 2 is 2.02 bits per heavy atom. The maximum atomic E-state index is 16.8. The van der Waals surface area contributed by atoms with Gasteiger partial charge in [0.1, 0.15) is 17.1 Å². The molecule has 3 saturated heterocycles. The normalized spacial score (nSPS) is 25.0. The molecule has 2 aromatic rings. The van der Waals surface area contributed by atoms with E-state index in [1.807, 2.05) is 24.3 Å². The van der Waals surface area contributed by atoms with E-state index < -0.39 is 5.82 Å². The number of aliphatic hydroxyl groups is 1. The lowest BCUT2D eigenvalue weighted by molar-refractivity contribution is 0.248. The van der Waals surface area contributed by atoms with Crippen LogP contribution in [0.3, 0.4) is 0 Å². The maximum absolute atomic E-state index is 16.8. The van der Waals surface area contributed by atoms with E-state index in [0.29, 0.717) is 29.4 Å². The van der Waals surface area contributed by atoms with Crippen LogP contribution in [0.25, 0.3) is 16.5 Å². The van der Waals surface area contributed by atoms with E-state index in [2.05, 4.69) is 34.1 Å². The number of anilines is 1. The molecule has 0 saturated carbocycles. The van der Waals surface area contributed by atoms with Gasteiger partial charge in [-0.3, -0.25) is 0 Å². The van der Waals surface area contributed by atoms with E-state index >= 15 is 4.39 Å². The zero-order valence-electron chi connectivity index (χ0n) is 24.5. The van der Waals surface area contributed by atoms with Gasteiger partial charge in [0.15, 0.2) is 5.82 Å². The monoisotopic (exact) mass is 593 g/mol. The number of halogens is 2. The predicted octanol–water partition coefficient (Wildman–Crippen LogP) is 6.45. The Morgan fingerprint density at radius 3 is 2.88 bits per heavy atom. The molecule has 4 heterocycles. The number of allylic oxidation sites excluding steroid dienone is 7. The summed E-state index contributed by atoms with van der Waals surface area (Å²) in [5.74, 6) is 0.0675. The molecule has 7 nitrogen and oxygen atoms in total. The molecule has 1 aromatic heterocycles. The Kier molecular flexibility index (Phi) is 8.84. The van der Waals surface area contributed by atoms with Crippen LogP contribution >= 0.6 is 11.6 Å². The molecule has 4 atom stereocenters. The number of unbranched alkanes of at least 4 members (excludes halogenated alkanes) is 1. The average molecular weight is 594 g/mol. The summed E-state index contributed by atoms with van der Waals surface area (Å²) in [6.45, 7) is 6.27. The number of piperazine rings is 1. The van der Waals surface area contributed by atoms with Crippen molar-refractivity contribution in [3.63, 3.8) is 0 Å². The van der Waals surface area contributed by atoms with Crippen LogP contribution in [0.4, 0.5) is 10.2 Å². The standard InChI is InChI=1S/C33H41ClFN5O2/c1-3-4-13-39(2)14-8-15-42-33-37-31-27(32(38-33)40-20-22-10-7-11-23(40)19-36-22)18-28(34)29(30(31)35)26-17-24(41)16-21-9-5-6-12-25(21)26/h5-6,9,12,16-18,21-23,25,36,41H,3-4,7-8,10-11,13-15,19-20H2,1-2H3. The van der Waals surface area contributed by atoms with Crippen LogP contribution < -0.4 is 15.0 Å². The van der Waals surface area contributed by atoms with Crippen molar-refractivity contribution >= 4 is 33.9 Å². The zero-order chi connectivity index (χ0) is 29.2. The lowest BCUT2D eigenvalue weighted by Gasteiger charge is -2.39. The van der Waals surface area contributed by atoms with Gasteiger partial charge < -0.3 is 25.0 Å². The highest BCUT2D eigenvalue weighted by Crippen LogP contribution is 2.45. The lowest BCUT2D eigenvalue weighted by Crippen LogP contribution is -2.54. The number of rotatable bonds is 10. The van der Waals surface area contributed by atoms with Gasteiger partial charge in [-0.25, -0.2) is 4.39 Å². The number of aliphatic hydroxyl groups excluding tert-OH is 1. The summed E-state index contributed by atoms with van der Waals surface area (Å²) < 4.78 is 22.9. The van der Waals surface area contributed by atoms with E-state index in [1.54, 1.807) is 18.2 Å². The fourth-order valence-corrected chi connectivity index (χ4v) is 7.06. The van der Waals surface area contributed by atoms with Crippen molar-refractivity contribution in [2.75, 3.05) is 44.7 Å². The van der Waals surface area contributed by atoms with Gasteiger partial charge in [-0.05, 0) is 69.5 Å². The van der Waals surface area contributed by atoms with Crippen LogP contribution in [-0.2, 0) is 0 Å². The van der Waals surface area contributed by atoms with Gasteiger partial charge in [0.05, 0.1) is 11.6 Å². The Labute approximate surface area is 252 Å². The maximum Gasteiger partial charge on any atom is 0.319 e. The molecule has 5 aliphatic rings. The van der Waals surface area contributed by atoms with E-state index in [0.717, 1.165) is 51.9 Å². The molecule has 2 bridgehead atoms. The molecule has 0 radical (unpaired) electrons. The van der Waals surface area contributed by atoms with Crippen molar-refractivity contribution in [3.8, 4) is 6.01 Å². The summed E-state index contributed by atoms with van der Waals surface area (Å²) in [5.41, 5.74) is 1.11. The van der Waals surface area contributed by atoms with Crippen LogP contribution in [-0.4, -0.2) is 71.9 Å². The molecule has 2 aliphatic carbocycles. The van der Waals surface area contributed by atoms with Crippen molar-refractivity contribution < 1.29 is 14.2 Å². The smallest absolute Gasteiger partial charge is 0.319 e. The molecule has 224 valence electrons. The topological polar surface area (TPSA) is 73.8 Å². The number of fused-ring (bicyclic) bond motifs is 6. The third-order valence-corrected chi connectivity index (χ3v) is 9.30. The number of hydrogen-bond donors (Lipinski definition) is 2. The first kappa shape index (κ1) is 29.1. The SMILES string of the molecule is CCCCN(C)CCCOc1nc(N2CC3CCCC2CN3)c2cc(Cl)c(C3=CC(O)=CC4C=CC=CC34)c(F)c2n1. The van der Waals surface area contributed by atoms with Gasteiger partial charge >= 0.3 is 6.01 Å². The molecule has 3 fully saturated rings. The third-order valence-electron chi connectivity index (χ3n) is 9.00. The first-order chi connectivity index (χ1) is 20.4. The molecule has 0 spiro atoms. The molecule has 2 N–H and O–H groups in total. The Bertz CT molecular complexity index is 1440. The van der Waals surface area contributed by atoms with Gasteiger partial charge in [0.25, 0.3) is 0 Å². The molecular formula is C33H41ClFN5O2. The fourth-order valence-electron chi connectivity index (χ4n) is 6.75. The summed E-state index contributed by atoms with van der Waals surface area (Å²) in [4.78, 5) is 14.1. The largest absolute Gasteiger partial charge is 0.508 e. The van der Waals surface area contributed by atoms with E-state index in [9.17, 15) is 5.11 Å². The van der Waals surface area contributed by atoms with E-state index in [-0.39, 0.29) is 45.8 Å². The minimum atomic E-state index is -0.508. The highest BCUT2D eigenvalue weighted by atomic mass is 35.5. The summed E-state index contributed by atoms with van der Waals surface area (Å²) in [7, 11) is 2.12. The second-order valence-corrected chi connectivity index (χ2v) is 12.4. The minimum absolute atomic E-state index is 0.0726. The minimum Gasteiger partial charge on any atom is -0.508 e. The molecule has 0 amide bonds. The second kappa shape index (κ2) is 12.7. The van der Waals surface area contributed by atoms with Crippen LogP contribution in [0.5, 0.6) is 6.01 Å². The van der Waals surface area contributed by atoms with Crippen molar-refractivity contribution in [1.82, 2.24) is 20.2 Å². The first-order valence-corrected chi connectivity index (χ1v) is 15.8. The quantitative estimate of drug-likeness (QED) is 0.307. The number of ether oxygens (including phenoxy) is 1. The van der Waals surface area contributed by atoms with Gasteiger partial charge in [-0.1, -0.05) is 49.2 Å². The van der Waals surface area contributed by atoms with Crippen molar-refractivity contribution in [1.29, 1.82) is 0 Å². The zero-order valence-corrected chi connectivity index (χ0v) is 25.3. The van der Waals surface area contributed by atoms with E-state index in [4.69, 9.17) is 21.3 Å². The fraction of sp³-hybridized carbons (Fsp3) is 0.515. The van der Waals surface area contributed by atoms with Gasteiger partial charge in [0, 0.05) is 54.5 Å². The van der Waals surface area contributed by atoms with Crippen LogP contribution in [0.1, 0.15) is 51.0 Å². The second-order valence-electron chi connectivity index (χ2n) is 12.0. The van der Waals surface area contributed by atoms with Gasteiger partial charge in [-0.15, -0.1) is 0 Å². The average Bonchev–Trinajstić information content (AvgIpc) is 3.34. The van der Waals surface area contributed by atoms with Crippen LogP contribution in [0.2, 0.25) is 5.02 Å². The Balaban J connectivity index is 1.39. The number of hydrogen-bond acceptors (Lipinski definition) is 7. The summed E-state index contributed by atoms with van der Waals surface area (Å²) in [6, 6.07) is 2.61. The van der Waals surface area contributed by atoms with Crippen molar-refractivity contribution in [3.05, 3.63) is 64.7 Å². The highest BCUT2D eigenvalue weighted by Gasteiger charge is 2.35. The number of nitrogens with one attached hydrogen (secondary N) is 1. The Morgan fingerprint density at radius 1 is 1.19 bits per heavy atom. The van der Waals surface area contributed by atoms with Crippen LogP contribution in [0.15, 0.2) is 48.3 Å².